The SMILES string of the molecule is Cc1ccc(C(=O)NN=C2CCCC2)cc1. The van der Waals surface area contributed by atoms with Gasteiger partial charge in [0.05, 0.1) is 0 Å². The molecule has 2 rings (SSSR count). The lowest BCUT2D eigenvalue weighted by molar-refractivity contribution is 0.0954. The van der Waals surface area contributed by atoms with Crippen LogP contribution < -0.4 is 5.43 Å². The van der Waals surface area contributed by atoms with Crippen LogP contribution in [0.3, 0.4) is 0 Å². The van der Waals surface area contributed by atoms with Crippen molar-refractivity contribution in [3.63, 3.8) is 0 Å². The van der Waals surface area contributed by atoms with Crippen LogP contribution in [0.25, 0.3) is 0 Å². The average Bonchev–Trinajstić information content (AvgIpc) is 2.80. The van der Waals surface area contributed by atoms with Gasteiger partial charge < -0.3 is 0 Å². The molecule has 0 saturated heterocycles. The second-order valence-electron chi connectivity index (χ2n) is 4.19. The van der Waals surface area contributed by atoms with Crippen LogP contribution in [0.15, 0.2) is 29.4 Å². The highest BCUT2D eigenvalue weighted by Gasteiger charge is 2.09. The molecule has 0 aromatic heterocycles. The molecule has 0 heterocycles. The number of hydrogen-bond acceptors (Lipinski definition) is 2. The van der Waals surface area contributed by atoms with Gasteiger partial charge in [0.1, 0.15) is 0 Å². The fourth-order valence-electron chi connectivity index (χ4n) is 1.79. The van der Waals surface area contributed by atoms with Crippen LogP contribution in [0.5, 0.6) is 0 Å². The largest absolute Gasteiger partial charge is 0.271 e. The Balaban J connectivity index is 1.97. The zero-order chi connectivity index (χ0) is 11.4. The van der Waals surface area contributed by atoms with Gasteiger partial charge in [-0.25, -0.2) is 5.43 Å². The van der Waals surface area contributed by atoms with Crippen LogP contribution >= 0.6 is 0 Å². The van der Waals surface area contributed by atoms with Crippen LogP contribution in [0.2, 0.25) is 0 Å². The van der Waals surface area contributed by atoms with E-state index in [2.05, 4.69) is 10.5 Å². The normalized spacial score (nSPS) is 14.9. The molecule has 0 unspecified atom stereocenters. The van der Waals surface area contributed by atoms with Crippen molar-refractivity contribution in [1.29, 1.82) is 0 Å². The van der Waals surface area contributed by atoms with Crippen molar-refractivity contribution < 1.29 is 4.79 Å². The number of nitrogens with zero attached hydrogens (tertiary/aromatic N) is 1. The number of amides is 1. The Kier molecular flexibility index (Phi) is 3.34. The minimum absolute atomic E-state index is 0.126. The van der Waals surface area contributed by atoms with Gasteiger partial charge in [-0.3, -0.25) is 4.79 Å². The van der Waals surface area contributed by atoms with Crippen LogP contribution in [0.1, 0.15) is 41.6 Å². The third kappa shape index (κ3) is 2.69. The number of carbonyl (C=O) groups is 1. The third-order valence-corrected chi connectivity index (χ3v) is 2.81. The molecule has 1 aromatic rings. The number of aryl methyl sites for hydroxylation is 1. The first-order chi connectivity index (χ1) is 7.75. The van der Waals surface area contributed by atoms with E-state index in [0.717, 1.165) is 24.1 Å². The van der Waals surface area contributed by atoms with Crippen molar-refractivity contribution in [2.24, 2.45) is 5.10 Å². The van der Waals surface area contributed by atoms with Gasteiger partial charge in [0.15, 0.2) is 0 Å². The van der Waals surface area contributed by atoms with Crippen LogP contribution in [-0.2, 0) is 0 Å². The topological polar surface area (TPSA) is 41.5 Å². The molecule has 3 heteroatoms. The highest BCUT2D eigenvalue weighted by atomic mass is 16.2. The maximum absolute atomic E-state index is 11.7. The molecule has 1 amide bonds. The van der Waals surface area contributed by atoms with E-state index in [1.54, 1.807) is 0 Å². The van der Waals surface area contributed by atoms with Gasteiger partial charge in [-0.05, 0) is 44.7 Å². The maximum Gasteiger partial charge on any atom is 0.271 e. The summed E-state index contributed by atoms with van der Waals surface area (Å²) in [6.45, 7) is 2.00. The Morgan fingerprint density at radius 3 is 2.44 bits per heavy atom. The molecule has 1 aromatic carbocycles. The molecule has 0 aliphatic heterocycles. The highest BCUT2D eigenvalue weighted by Crippen LogP contribution is 2.14. The molecular formula is C13H16N2O. The van der Waals surface area contributed by atoms with E-state index in [0.29, 0.717) is 5.56 Å². The second-order valence-corrected chi connectivity index (χ2v) is 4.19. The van der Waals surface area contributed by atoms with E-state index in [9.17, 15) is 4.79 Å². The fraction of sp³-hybridized carbons (Fsp3) is 0.385. The summed E-state index contributed by atoms with van der Waals surface area (Å²) >= 11 is 0. The Morgan fingerprint density at radius 1 is 1.19 bits per heavy atom. The van der Waals surface area contributed by atoms with Crippen LogP contribution in [0, 0.1) is 6.92 Å². The number of hydrazone groups is 1. The van der Waals surface area contributed by atoms with Gasteiger partial charge in [-0.1, -0.05) is 17.7 Å². The maximum atomic E-state index is 11.7. The summed E-state index contributed by atoms with van der Waals surface area (Å²) in [7, 11) is 0. The van der Waals surface area contributed by atoms with E-state index >= 15 is 0 Å². The highest BCUT2D eigenvalue weighted by molar-refractivity contribution is 5.95. The zero-order valence-electron chi connectivity index (χ0n) is 9.49. The molecule has 0 spiro atoms. The zero-order valence-corrected chi connectivity index (χ0v) is 9.49. The minimum atomic E-state index is -0.126. The van der Waals surface area contributed by atoms with E-state index in [-0.39, 0.29) is 5.91 Å². The number of hydrogen-bond donors (Lipinski definition) is 1. The Bertz CT molecular complexity index is 398. The van der Waals surface area contributed by atoms with Crippen molar-refractivity contribution in [2.75, 3.05) is 0 Å². The summed E-state index contributed by atoms with van der Waals surface area (Å²) in [5.74, 6) is -0.126. The van der Waals surface area contributed by atoms with E-state index in [1.165, 1.54) is 12.8 Å². The summed E-state index contributed by atoms with van der Waals surface area (Å²) in [6.07, 6.45) is 4.43. The number of rotatable bonds is 2. The van der Waals surface area contributed by atoms with Gasteiger partial charge in [-0.15, -0.1) is 0 Å². The molecule has 0 atom stereocenters. The van der Waals surface area contributed by atoms with Crippen LogP contribution in [-0.4, -0.2) is 11.6 Å². The van der Waals surface area contributed by atoms with Crippen LogP contribution in [0.4, 0.5) is 0 Å². The Morgan fingerprint density at radius 2 is 1.81 bits per heavy atom. The first-order valence-electron chi connectivity index (χ1n) is 5.68. The summed E-state index contributed by atoms with van der Waals surface area (Å²) < 4.78 is 0. The quantitative estimate of drug-likeness (QED) is 0.759. The molecule has 16 heavy (non-hydrogen) atoms. The fourth-order valence-corrected chi connectivity index (χ4v) is 1.79. The predicted octanol–water partition coefficient (Wildman–Crippen LogP) is 2.65. The standard InChI is InChI=1S/C13H16N2O/c1-10-6-8-11(9-7-10)13(16)15-14-12-4-2-3-5-12/h6-9H,2-5H2,1H3,(H,15,16). The molecule has 1 aliphatic rings. The molecule has 1 N–H and O–H groups in total. The number of benzene rings is 1. The Hall–Kier alpha value is -1.64. The number of nitrogens with one attached hydrogen (secondary N) is 1. The molecule has 3 nitrogen and oxygen atoms in total. The molecule has 1 saturated carbocycles. The lowest BCUT2D eigenvalue weighted by Gasteiger charge is -2.01. The third-order valence-electron chi connectivity index (χ3n) is 2.81. The number of carbonyl (C=O) groups excluding carboxylic acids is 1. The summed E-state index contributed by atoms with van der Waals surface area (Å²) in [5.41, 5.74) is 5.53. The smallest absolute Gasteiger partial charge is 0.267 e. The van der Waals surface area contributed by atoms with E-state index < -0.39 is 0 Å². The molecule has 1 aliphatic carbocycles. The first kappa shape index (κ1) is 10.9. The van der Waals surface area contributed by atoms with E-state index in [1.807, 2.05) is 31.2 Å². The summed E-state index contributed by atoms with van der Waals surface area (Å²) in [5, 5.41) is 4.14. The summed E-state index contributed by atoms with van der Waals surface area (Å²) in [6, 6.07) is 7.49. The van der Waals surface area contributed by atoms with E-state index in [4.69, 9.17) is 0 Å². The van der Waals surface area contributed by atoms with Gasteiger partial charge in [0.2, 0.25) is 0 Å². The Labute approximate surface area is 95.6 Å². The molecule has 0 bridgehead atoms. The van der Waals surface area contributed by atoms with Crippen molar-refractivity contribution in [3.05, 3.63) is 35.4 Å². The van der Waals surface area contributed by atoms with Crippen molar-refractivity contribution in [1.82, 2.24) is 5.43 Å². The van der Waals surface area contributed by atoms with Gasteiger partial charge in [0, 0.05) is 11.3 Å². The minimum Gasteiger partial charge on any atom is -0.267 e. The first-order valence-corrected chi connectivity index (χ1v) is 5.68. The molecule has 0 radical (unpaired) electrons. The van der Waals surface area contributed by atoms with Gasteiger partial charge in [-0.2, -0.15) is 5.10 Å². The summed E-state index contributed by atoms with van der Waals surface area (Å²) in [4.78, 5) is 11.7. The van der Waals surface area contributed by atoms with Crippen molar-refractivity contribution in [3.8, 4) is 0 Å². The predicted molar refractivity (Wildman–Crippen MR) is 64.5 cm³/mol. The van der Waals surface area contributed by atoms with Gasteiger partial charge in [0.25, 0.3) is 5.91 Å². The van der Waals surface area contributed by atoms with Crippen molar-refractivity contribution >= 4 is 11.6 Å². The monoisotopic (exact) mass is 216 g/mol. The molecular weight excluding hydrogens is 200 g/mol. The van der Waals surface area contributed by atoms with Crippen molar-refractivity contribution in [2.45, 2.75) is 32.6 Å². The van der Waals surface area contributed by atoms with Gasteiger partial charge >= 0.3 is 0 Å². The second kappa shape index (κ2) is 4.92. The molecule has 84 valence electrons. The lowest BCUT2D eigenvalue weighted by atomic mass is 10.1. The average molecular weight is 216 g/mol. The molecule has 1 fully saturated rings. The lowest BCUT2D eigenvalue weighted by Crippen LogP contribution is -2.18.